The molecule has 1 heterocycles. The van der Waals surface area contributed by atoms with Crippen LogP contribution in [0.5, 0.6) is 5.88 Å². The summed E-state index contributed by atoms with van der Waals surface area (Å²) >= 11 is 0. The van der Waals surface area contributed by atoms with Crippen LogP contribution >= 0.6 is 0 Å². The molecule has 0 bridgehead atoms. The first kappa shape index (κ1) is 13.5. The number of hydrogen-bond acceptors (Lipinski definition) is 5. The molecule has 1 aromatic carbocycles. The van der Waals surface area contributed by atoms with Crippen molar-refractivity contribution in [1.82, 2.24) is 15.4 Å². The second kappa shape index (κ2) is 5.77. The molecule has 0 amide bonds. The molecule has 5 nitrogen and oxygen atoms in total. The molecule has 0 aliphatic rings. The number of methoxy groups -OCH3 is 1. The minimum atomic E-state index is -0.185. The summed E-state index contributed by atoms with van der Waals surface area (Å²) in [7, 11) is 1.58. The molecule has 0 fully saturated rings. The van der Waals surface area contributed by atoms with Gasteiger partial charge in [0.05, 0.1) is 18.8 Å². The number of nitrogens with zero attached hydrogens (tertiary/aromatic N) is 2. The van der Waals surface area contributed by atoms with Gasteiger partial charge in [-0.2, -0.15) is 0 Å². The number of rotatable bonds is 4. The molecule has 0 saturated carbocycles. The predicted molar refractivity (Wildman–Crippen MR) is 73.7 cm³/mol. The Balaban J connectivity index is 2.43. The van der Waals surface area contributed by atoms with E-state index in [1.807, 2.05) is 0 Å². The molecule has 0 aliphatic heterocycles. The average Bonchev–Trinajstić information content (AvgIpc) is 2.39. The van der Waals surface area contributed by atoms with Gasteiger partial charge in [0.1, 0.15) is 6.33 Å². The fourth-order valence-corrected chi connectivity index (χ4v) is 2.15. The monoisotopic (exact) mass is 258 g/mol. The summed E-state index contributed by atoms with van der Waals surface area (Å²) in [5.41, 5.74) is 7.02. The summed E-state index contributed by atoms with van der Waals surface area (Å²) in [4.78, 5) is 8.26. The fraction of sp³-hybridized carbons (Fsp3) is 0.286. The Labute approximate surface area is 112 Å². The van der Waals surface area contributed by atoms with E-state index < -0.39 is 0 Å². The Morgan fingerprint density at radius 1 is 1.11 bits per heavy atom. The number of benzene rings is 1. The number of hydrazine groups is 1. The number of aromatic nitrogens is 2. The van der Waals surface area contributed by atoms with E-state index in [9.17, 15) is 0 Å². The van der Waals surface area contributed by atoms with Crippen molar-refractivity contribution in [2.24, 2.45) is 5.84 Å². The maximum atomic E-state index is 5.68. The van der Waals surface area contributed by atoms with Crippen LogP contribution in [0.4, 0.5) is 0 Å². The van der Waals surface area contributed by atoms with Crippen LogP contribution < -0.4 is 16.0 Å². The zero-order valence-electron chi connectivity index (χ0n) is 11.3. The minimum Gasteiger partial charge on any atom is -0.481 e. The van der Waals surface area contributed by atoms with E-state index in [-0.39, 0.29) is 6.04 Å². The molecule has 3 N–H and O–H groups in total. The predicted octanol–water partition coefficient (Wildman–Crippen LogP) is 1.65. The summed E-state index contributed by atoms with van der Waals surface area (Å²) in [5, 5.41) is 0. The second-order valence-corrected chi connectivity index (χ2v) is 4.51. The number of nitrogens with one attached hydrogen (secondary N) is 1. The van der Waals surface area contributed by atoms with Crippen LogP contribution in [0.25, 0.3) is 0 Å². The maximum absolute atomic E-state index is 5.68. The van der Waals surface area contributed by atoms with E-state index in [4.69, 9.17) is 10.6 Å². The molecule has 2 rings (SSSR count). The third-order valence-corrected chi connectivity index (χ3v) is 2.91. The first-order valence-electron chi connectivity index (χ1n) is 6.04. The molecule has 0 spiro atoms. The van der Waals surface area contributed by atoms with Crippen molar-refractivity contribution >= 4 is 0 Å². The van der Waals surface area contributed by atoms with Crippen LogP contribution in [0.2, 0.25) is 0 Å². The molecule has 0 radical (unpaired) electrons. The lowest BCUT2D eigenvalue weighted by Crippen LogP contribution is -2.29. The van der Waals surface area contributed by atoms with Crippen molar-refractivity contribution in [3.63, 3.8) is 0 Å². The highest BCUT2D eigenvalue weighted by Gasteiger charge is 2.15. The van der Waals surface area contributed by atoms with Crippen LogP contribution in [-0.2, 0) is 0 Å². The summed E-state index contributed by atoms with van der Waals surface area (Å²) in [6.07, 6.45) is 1.47. The highest BCUT2D eigenvalue weighted by atomic mass is 16.5. The summed E-state index contributed by atoms with van der Waals surface area (Å²) in [6, 6.07) is 7.90. The first-order valence-corrected chi connectivity index (χ1v) is 6.04. The minimum absolute atomic E-state index is 0.185. The van der Waals surface area contributed by atoms with E-state index in [2.05, 4.69) is 47.4 Å². The second-order valence-electron chi connectivity index (χ2n) is 4.51. The summed E-state index contributed by atoms with van der Waals surface area (Å²) < 4.78 is 5.11. The molecule has 1 atom stereocenters. The maximum Gasteiger partial charge on any atom is 0.216 e. The van der Waals surface area contributed by atoms with Crippen molar-refractivity contribution in [2.75, 3.05) is 7.11 Å². The van der Waals surface area contributed by atoms with Gasteiger partial charge in [0, 0.05) is 6.07 Å². The zero-order valence-corrected chi connectivity index (χ0v) is 11.3. The zero-order chi connectivity index (χ0) is 13.8. The Kier molecular flexibility index (Phi) is 4.09. The van der Waals surface area contributed by atoms with Gasteiger partial charge in [-0.25, -0.2) is 15.4 Å². The molecular weight excluding hydrogens is 240 g/mol. The molecule has 100 valence electrons. The van der Waals surface area contributed by atoms with Crippen LogP contribution in [0.15, 0.2) is 30.6 Å². The normalized spacial score (nSPS) is 12.2. The van der Waals surface area contributed by atoms with Gasteiger partial charge in [-0.15, -0.1) is 0 Å². The van der Waals surface area contributed by atoms with Gasteiger partial charge < -0.3 is 4.74 Å². The molecular formula is C14H18N4O. The Hall–Kier alpha value is -1.98. The molecule has 19 heavy (non-hydrogen) atoms. The molecule has 2 aromatic rings. The Morgan fingerprint density at radius 2 is 1.79 bits per heavy atom. The van der Waals surface area contributed by atoms with Gasteiger partial charge in [-0.1, -0.05) is 29.3 Å². The Morgan fingerprint density at radius 3 is 2.37 bits per heavy atom. The van der Waals surface area contributed by atoms with Gasteiger partial charge in [0.2, 0.25) is 5.88 Å². The average molecular weight is 258 g/mol. The number of nitrogens with two attached hydrogens (primary N) is 1. The van der Waals surface area contributed by atoms with Crippen LogP contribution in [0.3, 0.4) is 0 Å². The Bertz CT molecular complexity index is 551. The lowest BCUT2D eigenvalue weighted by molar-refractivity contribution is 0.395. The van der Waals surface area contributed by atoms with Crippen molar-refractivity contribution in [3.05, 3.63) is 53.0 Å². The molecule has 1 aromatic heterocycles. The van der Waals surface area contributed by atoms with E-state index >= 15 is 0 Å². The van der Waals surface area contributed by atoms with E-state index in [1.54, 1.807) is 13.2 Å². The summed E-state index contributed by atoms with van der Waals surface area (Å²) in [6.45, 7) is 4.12. The van der Waals surface area contributed by atoms with Crippen LogP contribution in [0.1, 0.15) is 28.4 Å². The quantitative estimate of drug-likeness (QED) is 0.644. The SMILES string of the molecule is COc1cc(C(NN)c2cc(C)cc(C)c2)ncn1. The number of aryl methyl sites for hydroxylation is 2. The standard InChI is InChI=1S/C14H18N4O/c1-9-4-10(2)6-11(5-9)14(18-15)12-7-13(19-3)17-8-16-12/h4-8,14,18H,15H2,1-3H3. The van der Waals surface area contributed by atoms with Gasteiger partial charge in [-0.3, -0.25) is 5.84 Å². The third-order valence-electron chi connectivity index (χ3n) is 2.91. The van der Waals surface area contributed by atoms with E-state index in [0.29, 0.717) is 5.88 Å². The van der Waals surface area contributed by atoms with Crippen LogP contribution in [0, 0.1) is 13.8 Å². The van der Waals surface area contributed by atoms with Crippen molar-refractivity contribution in [3.8, 4) is 5.88 Å². The largest absolute Gasteiger partial charge is 0.481 e. The molecule has 0 saturated heterocycles. The first-order chi connectivity index (χ1) is 9.13. The highest BCUT2D eigenvalue weighted by Crippen LogP contribution is 2.23. The van der Waals surface area contributed by atoms with Gasteiger partial charge >= 0.3 is 0 Å². The van der Waals surface area contributed by atoms with E-state index in [0.717, 1.165) is 11.3 Å². The smallest absolute Gasteiger partial charge is 0.216 e. The van der Waals surface area contributed by atoms with Crippen molar-refractivity contribution in [1.29, 1.82) is 0 Å². The van der Waals surface area contributed by atoms with Crippen molar-refractivity contribution < 1.29 is 4.74 Å². The fourth-order valence-electron chi connectivity index (χ4n) is 2.15. The van der Waals surface area contributed by atoms with Crippen LogP contribution in [-0.4, -0.2) is 17.1 Å². The lowest BCUT2D eigenvalue weighted by atomic mass is 9.99. The van der Waals surface area contributed by atoms with E-state index in [1.165, 1.54) is 17.5 Å². The topological polar surface area (TPSA) is 73.1 Å². The molecule has 0 aliphatic carbocycles. The van der Waals surface area contributed by atoms with Crippen molar-refractivity contribution in [2.45, 2.75) is 19.9 Å². The number of ether oxygens (including phenoxy) is 1. The van der Waals surface area contributed by atoms with Gasteiger partial charge in [0.25, 0.3) is 0 Å². The summed E-state index contributed by atoms with van der Waals surface area (Å²) in [5.74, 6) is 6.20. The lowest BCUT2D eigenvalue weighted by Gasteiger charge is -2.17. The highest BCUT2D eigenvalue weighted by molar-refractivity contribution is 5.35. The third kappa shape index (κ3) is 3.07. The van der Waals surface area contributed by atoms with Gasteiger partial charge in [0.15, 0.2) is 0 Å². The molecule has 5 heteroatoms. The van der Waals surface area contributed by atoms with Gasteiger partial charge in [-0.05, 0) is 19.4 Å². The number of hydrogen-bond donors (Lipinski definition) is 2. The molecule has 1 unspecified atom stereocenters.